The molecule has 2 aromatic rings. The van der Waals surface area contributed by atoms with Crippen molar-refractivity contribution in [2.24, 2.45) is 5.92 Å². The molecule has 0 unspecified atom stereocenters. The molecule has 1 saturated carbocycles. The van der Waals surface area contributed by atoms with Gasteiger partial charge < -0.3 is 4.90 Å². The second-order valence-corrected chi connectivity index (χ2v) is 8.02. The zero-order chi connectivity index (χ0) is 16.7. The summed E-state index contributed by atoms with van der Waals surface area (Å²) in [6, 6.07) is 2.57. The summed E-state index contributed by atoms with van der Waals surface area (Å²) in [7, 11) is 0. The Morgan fingerprint density at radius 3 is 3.08 bits per heavy atom. The van der Waals surface area contributed by atoms with Crippen molar-refractivity contribution in [3.8, 4) is 0 Å². The summed E-state index contributed by atoms with van der Waals surface area (Å²) >= 11 is 1.47. The zero-order valence-corrected chi connectivity index (χ0v) is 14.8. The Morgan fingerprint density at radius 2 is 2.21 bits per heavy atom. The molecule has 1 aliphatic heterocycles. The van der Waals surface area contributed by atoms with Gasteiger partial charge in [0.2, 0.25) is 5.91 Å². The van der Waals surface area contributed by atoms with Gasteiger partial charge in [0.05, 0.1) is 11.7 Å². The Balaban J connectivity index is 1.47. The highest BCUT2D eigenvalue weighted by atomic mass is 32.1. The molecule has 1 amide bonds. The van der Waals surface area contributed by atoms with Gasteiger partial charge in [-0.1, -0.05) is 12.8 Å². The average Bonchev–Trinajstić information content (AvgIpc) is 3.17. The number of hydrogen-bond donors (Lipinski definition) is 0. The average molecular weight is 345 g/mol. The molecule has 5 nitrogen and oxygen atoms in total. The smallest absolute Gasteiger partial charge is 0.262 e. The van der Waals surface area contributed by atoms with E-state index in [2.05, 4.69) is 16.8 Å². The lowest BCUT2D eigenvalue weighted by Gasteiger charge is -2.33. The number of fused-ring (bicyclic) bond motifs is 2. The normalized spacial score (nSPS) is 26.7. The van der Waals surface area contributed by atoms with Crippen LogP contribution in [0.3, 0.4) is 0 Å². The lowest BCUT2D eigenvalue weighted by molar-refractivity contribution is -0.134. The van der Waals surface area contributed by atoms with Gasteiger partial charge in [-0.25, -0.2) is 4.98 Å². The Kier molecular flexibility index (Phi) is 4.16. The Bertz CT molecular complexity index is 812. The molecular formula is C18H23N3O2S. The third-order valence-corrected chi connectivity index (χ3v) is 6.47. The van der Waals surface area contributed by atoms with Gasteiger partial charge in [-0.2, -0.15) is 0 Å². The summed E-state index contributed by atoms with van der Waals surface area (Å²) in [5.41, 5.74) is -0.0425. The number of hydrogen-bond acceptors (Lipinski definition) is 4. The number of nitrogens with zero attached hydrogens (tertiary/aromatic N) is 3. The number of amides is 1. The summed E-state index contributed by atoms with van der Waals surface area (Å²) in [6.07, 6.45) is 8.03. The highest BCUT2D eigenvalue weighted by Gasteiger charge is 2.42. The van der Waals surface area contributed by atoms with E-state index in [9.17, 15) is 9.59 Å². The number of carbonyl (C=O) groups excluding carboxylic acids is 1. The minimum atomic E-state index is -0.0425. The van der Waals surface area contributed by atoms with Crippen LogP contribution in [0.15, 0.2) is 22.6 Å². The van der Waals surface area contributed by atoms with Crippen molar-refractivity contribution < 1.29 is 4.79 Å². The number of aromatic nitrogens is 2. The molecule has 128 valence electrons. The minimum absolute atomic E-state index is 0.0425. The van der Waals surface area contributed by atoms with Gasteiger partial charge in [0.1, 0.15) is 4.83 Å². The molecule has 0 radical (unpaired) electrons. The summed E-state index contributed by atoms with van der Waals surface area (Å²) in [6.45, 7) is 2.58. The van der Waals surface area contributed by atoms with Gasteiger partial charge in [-0.05, 0) is 43.6 Å². The van der Waals surface area contributed by atoms with Crippen LogP contribution in [0.4, 0.5) is 0 Å². The van der Waals surface area contributed by atoms with Crippen LogP contribution in [0.25, 0.3) is 10.2 Å². The van der Waals surface area contributed by atoms with Gasteiger partial charge in [0, 0.05) is 25.0 Å². The van der Waals surface area contributed by atoms with E-state index in [4.69, 9.17) is 0 Å². The summed E-state index contributed by atoms with van der Waals surface area (Å²) < 4.78 is 1.58. The van der Waals surface area contributed by atoms with Crippen molar-refractivity contribution in [1.82, 2.24) is 14.5 Å². The first-order valence-electron chi connectivity index (χ1n) is 8.89. The van der Waals surface area contributed by atoms with Gasteiger partial charge in [-0.15, -0.1) is 11.3 Å². The van der Waals surface area contributed by atoms with Crippen molar-refractivity contribution in [2.75, 3.05) is 0 Å². The summed E-state index contributed by atoms with van der Waals surface area (Å²) in [5.74, 6) is 0.874. The van der Waals surface area contributed by atoms with Gasteiger partial charge >= 0.3 is 0 Å². The van der Waals surface area contributed by atoms with E-state index in [1.807, 2.05) is 11.4 Å². The molecule has 0 bridgehead atoms. The maximum absolute atomic E-state index is 12.8. The highest BCUT2D eigenvalue weighted by Crippen LogP contribution is 2.39. The highest BCUT2D eigenvalue weighted by molar-refractivity contribution is 7.16. The molecule has 0 aromatic carbocycles. The second kappa shape index (κ2) is 6.31. The fourth-order valence-corrected chi connectivity index (χ4v) is 5.26. The molecule has 0 spiro atoms. The van der Waals surface area contributed by atoms with Crippen LogP contribution in [0.2, 0.25) is 0 Å². The van der Waals surface area contributed by atoms with E-state index in [-0.39, 0.29) is 11.5 Å². The Labute approximate surface area is 145 Å². The van der Waals surface area contributed by atoms with Crippen LogP contribution in [-0.2, 0) is 11.3 Å². The van der Waals surface area contributed by atoms with Crippen LogP contribution in [0, 0.1) is 5.92 Å². The fourth-order valence-electron chi connectivity index (χ4n) is 4.54. The first kappa shape index (κ1) is 15.8. The molecule has 0 N–H and O–H groups in total. The molecule has 24 heavy (non-hydrogen) atoms. The molecule has 3 heterocycles. The molecule has 2 aliphatic rings. The molecule has 6 heteroatoms. The minimum Gasteiger partial charge on any atom is -0.337 e. The fraction of sp³-hybridized carbons (Fsp3) is 0.611. The maximum Gasteiger partial charge on any atom is 0.262 e. The van der Waals surface area contributed by atoms with Crippen LogP contribution in [0.5, 0.6) is 0 Å². The summed E-state index contributed by atoms with van der Waals surface area (Å²) in [5, 5.41) is 2.53. The standard InChI is InChI=1S/C18H23N3O2S/c1-12-10-13-4-2-3-5-15(13)21(12)16(22)6-8-20-11-19-17-14(18(20)23)7-9-24-17/h7,9,11-13,15H,2-6,8,10H2,1H3/t12-,13-,15-/m1/s1. The maximum atomic E-state index is 12.8. The molecular weight excluding hydrogens is 322 g/mol. The van der Waals surface area contributed by atoms with Crippen molar-refractivity contribution in [1.29, 1.82) is 0 Å². The molecule has 3 atom stereocenters. The quantitative estimate of drug-likeness (QED) is 0.859. The van der Waals surface area contributed by atoms with Crippen molar-refractivity contribution in [2.45, 2.75) is 64.1 Å². The summed E-state index contributed by atoms with van der Waals surface area (Å²) in [4.78, 5) is 32.4. The molecule has 2 aromatic heterocycles. The van der Waals surface area contributed by atoms with Crippen LogP contribution in [-0.4, -0.2) is 32.4 Å². The number of thiophene rings is 1. The van der Waals surface area contributed by atoms with E-state index in [0.29, 0.717) is 36.4 Å². The van der Waals surface area contributed by atoms with Gasteiger partial charge in [0.15, 0.2) is 0 Å². The molecule has 2 fully saturated rings. The number of rotatable bonds is 3. The molecule has 1 aliphatic carbocycles. The number of likely N-dealkylation sites (tertiary alicyclic amines) is 1. The van der Waals surface area contributed by atoms with E-state index >= 15 is 0 Å². The largest absolute Gasteiger partial charge is 0.337 e. The van der Waals surface area contributed by atoms with Crippen LogP contribution < -0.4 is 5.56 Å². The molecule has 4 rings (SSSR count). The first-order chi connectivity index (χ1) is 11.6. The van der Waals surface area contributed by atoms with Crippen molar-refractivity contribution >= 4 is 27.5 Å². The third-order valence-electron chi connectivity index (χ3n) is 5.65. The number of carbonyl (C=O) groups is 1. The van der Waals surface area contributed by atoms with Crippen molar-refractivity contribution in [3.05, 3.63) is 28.1 Å². The van der Waals surface area contributed by atoms with Crippen LogP contribution >= 0.6 is 11.3 Å². The van der Waals surface area contributed by atoms with Gasteiger partial charge in [-0.3, -0.25) is 14.2 Å². The topological polar surface area (TPSA) is 55.2 Å². The van der Waals surface area contributed by atoms with Crippen LogP contribution in [0.1, 0.15) is 45.4 Å². The monoisotopic (exact) mass is 345 g/mol. The third kappa shape index (κ3) is 2.66. The van der Waals surface area contributed by atoms with E-state index < -0.39 is 0 Å². The SMILES string of the molecule is C[C@@H]1C[C@H]2CCCC[C@H]2N1C(=O)CCn1cnc2sccc2c1=O. The second-order valence-electron chi connectivity index (χ2n) is 7.13. The molecule has 1 saturated heterocycles. The number of aryl methyl sites for hydroxylation is 1. The Morgan fingerprint density at radius 1 is 1.38 bits per heavy atom. The van der Waals surface area contributed by atoms with E-state index in [0.717, 1.165) is 17.7 Å². The van der Waals surface area contributed by atoms with Crippen molar-refractivity contribution in [3.63, 3.8) is 0 Å². The lowest BCUT2D eigenvalue weighted by atomic mass is 9.85. The van der Waals surface area contributed by atoms with Gasteiger partial charge in [0.25, 0.3) is 5.56 Å². The van der Waals surface area contributed by atoms with E-state index in [1.165, 1.54) is 30.6 Å². The first-order valence-corrected chi connectivity index (χ1v) is 9.77. The Hall–Kier alpha value is -1.69. The zero-order valence-electron chi connectivity index (χ0n) is 14.0. The van der Waals surface area contributed by atoms with E-state index in [1.54, 1.807) is 10.9 Å². The lowest BCUT2D eigenvalue weighted by Crippen LogP contribution is -2.42. The predicted octanol–water partition coefficient (Wildman–Crippen LogP) is 3.03. The predicted molar refractivity (Wildman–Crippen MR) is 95.2 cm³/mol.